The molecule has 1 amide bonds. The first-order chi connectivity index (χ1) is 11.6. The number of aryl methyl sites for hydroxylation is 1. The molecule has 0 unspecified atom stereocenters. The third-order valence-corrected chi connectivity index (χ3v) is 3.57. The second kappa shape index (κ2) is 8.72. The number of carbonyl (C=O) groups is 2. The molecule has 2 aromatic carbocycles. The smallest absolute Gasteiger partial charge is 0.337 e. The minimum atomic E-state index is -0.381. The van der Waals surface area contributed by atoms with Crippen molar-refractivity contribution in [2.24, 2.45) is 0 Å². The zero-order chi connectivity index (χ0) is 17.4. The lowest BCUT2D eigenvalue weighted by Crippen LogP contribution is -2.28. The third kappa shape index (κ3) is 5.12. The summed E-state index contributed by atoms with van der Waals surface area (Å²) in [4.78, 5) is 23.2. The number of esters is 1. The van der Waals surface area contributed by atoms with Crippen LogP contribution in [0.5, 0.6) is 5.75 Å². The highest BCUT2D eigenvalue weighted by atomic mass is 16.5. The maximum Gasteiger partial charge on any atom is 0.337 e. The van der Waals surface area contributed by atoms with Crippen LogP contribution >= 0.6 is 0 Å². The first kappa shape index (κ1) is 17.5. The van der Waals surface area contributed by atoms with E-state index in [2.05, 4.69) is 17.0 Å². The normalized spacial score (nSPS) is 10.1. The van der Waals surface area contributed by atoms with Gasteiger partial charge < -0.3 is 14.8 Å². The highest BCUT2D eigenvalue weighted by Gasteiger charge is 2.06. The molecule has 0 aliphatic carbocycles. The Morgan fingerprint density at radius 2 is 1.58 bits per heavy atom. The molecule has 0 bridgehead atoms. The molecule has 24 heavy (non-hydrogen) atoms. The Labute approximate surface area is 141 Å². The van der Waals surface area contributed by atoms with Crippen LogP contribution in [-0.2, 0) is 22.5 Å². The van der Waals surface area contributed by atoms with Gasteiger partial charge in [-0.2, -0.15) is 0 Å². The van der Waals surface area contributed by atoms with Gasteiger partial charge in [-0.3, -0.25) is 4.79 Å². The molecule has 0 aliphatic heterocycles. The molecule has 2 aromatic rings. The summed E-state index contributed by atoms with van der Waals surface area (Å²) >= 11 is 0. The molecule has 0 heterocycles. The molecule has 1 N–H and O–H groups in total. The molecule has 126 valence electrons. The van der Waals surface area contributed by atoms with E-state index in [0.717, 1.165) is 12.0 Å². The van der Waals surface area contributed by atoms with E-state index < -0.39 is 0 Å². The van der Waals surface area contributed by atoms with Gasteiger partial charge in [-0.1, -0.05) is 31.2 Å². The largest absolute Gasteiger partial charge is 0.484 e. The molecule has 2 rings (SSSR count). The second-order valence-electron chi connectivity index (χ2n) is 5.25. The van der Waals surface area contributed by atoms with Crippen LogP contribution in [0.15, 0.2) is 48.5 Å². The fourth-order valence-electron chi connectivity index (χ4n) is 2.10. The van der Waals surface area contributed by atoms with Crippen molar-refractivity contribution in [3.05, 3.63) is 65.2 Å². The molecule has 5 nitrogen and oxygen atoms in total. The average Bonchev–Trinajstić information content (AvgIpc) is 2.64. The maximum absolute atomic E-state index is 11.8. The molecule has 0 aliphatic rings. The van der Waals surface area contributed by atoms with Crippen LogP contribution in [0.4, 0.5) is 0 Å². The van der Waals surface area contributed by atoms with E-state index in [1.165, 1.54) is 12.7 Å². The summed E-state index contributed by atoms with van der Waals surface area (Å²) in [5, 5.41) is 2.77. The van der Waals surface area contributed by atoms with Gasteiger partial charge in [-0.15, -0.1) is 0 Å². The Morgan fingerprint density at radius 3 is 2.17 bits per heavy atom. The quantitative estimate of drug-likeness (QED) is 0.794. The number of rotatable bonds is 7. The van der Waals surface area contributed by atoms with Crippen molar-refractivity contribution in [3.63, 3.8) is 0 Å². The van der Waals surface area contributed by atoms with E-state index in [-0.39, 0.29) is 18.5 Å². The Kier molecular flexibility index (Phi) is 6.37. The van der Waals surface area contributed by atoms with Crippen LogP contribution in [0.2, 0.25) is 0 Å². The molecule has 0 saturated carbocycles. The Morgan fingerprint density at radius 1 is 0.958 bits per heavy atom. The van der Waals surface area contributed by atoms with E-state index in [0.29, 0.717) is 17.9 Å². The van der Waals surface area contributed by atoms with Crippen molar-refractivity contribution in [2.75, 3.05) is 13.7 Å². The van der Waals surface area contributed by atoms with Gasteiger partial charge in [-0.05, 0) is 41.8 Å². The van der Waals surface area contributed by atoms with Crippen molar-refractivity contribution in [3.8, 4) is 5.75 Å². The van der Waals surface area contributed by atoms with Crippen LogP contribution in [0.1, 0.15) is 28.4 Å². The standard InChI is InChI=1S/C19H21NO4/c1-3-14-6-10-17(11-7-14)24-13-18(21)20-12-15-4-8-16(9-5-15)19(22)23-2/h4-11H,3,12-13H2,1-2H3,(H,20,21). The monoisotopic (exact) mass is 327 g/mol. The van der Waals surface area contributed by atoms with Crippen molar-refractivity contribution in [1.82, 2.24) is 5.32 Å². The van der Waals surface area contributed by atoms with Crippen molar-refractivity contribution in [2.45, 2.75) is 19.9 Å². The summed E-state index contributed by atoms with van der Waals surface area (Å²) in [6.45, 7) is 2.42. The van der Waals surface area contributed by atoms with Gasteiger partial charge in [-0.25, -0.2) is 4.79 Å². The predicted octanol–water partition coefficient (Wildman–Crippen LogP) is 2.73. The fourth-order valence-corrected chi connectivity index (χ4v) is 2.10. The molecule has 5 heteroatoms. The Hall–Kier alpha value is -2.82. The van der Waals surface area contributed by atoms with Crippen LogP contribution in [0.3, 0.4) is 0 Å². The lowest BCUT2D eigenvalue weighted by Gasteiger charge is -2.08. The number of carbonyl (C=O) groups excluding carboxylic acids is 2. The minimum Gasteiger partial charge on any atom is -0.484 e. The summed E-state index contributed by atoms with van der Waals surface area (Å²) in [5.41, 5.74) is 2.59. The molecule has 0 radical (unpaired) electrons. The van der Waals surface area contributed by atoms with Crippen LogP contribution in [-0.4, -0.2) is 25.6 Å². The van der Waals surface area contributed by atoms with Crippen LogP contribution in [0, 0.1) is 0 Å². The topological polar surface area (TPSA) is 64.6 Å². The number of ether oxygens (including phenoxy) is 2. The summed E-state index contributed by atoms with van der Waals surface area (Å²) in [5.74, 6) is 0.0875. The molecule has 0 fully saturated rings. The van der Waals surface area contributed by atoms with Gasteiger partial charge in [0.1, 0.15) is 5.75 Å². The summed E-state index contributed by atoms with van der Waals surface area (Å²) in [6, 6.07) is 14.6. The van der Waals surface area contributed by atoms with E-state index >= 15 is 0 Å². The number of hydrogen-bond acceptors (Lipinski definition) is 4. The van der Waals surface area contributed by atoms with E-state index in [1.54, 1.807) is 24.3 Å². The van der Waals surface area contributed by atoms with Crippen molar-refractivity contribution < 1.29 is 19.1 Å². The Bertz CT molecular complexity index is 678. The number of hydrogen-bond donors (Lipinski definition) is 1. The molecule has 0 atom stereocenters. The number of nitrogens with one attached hydrogen (secondary N) is 1. The second-order valence-corrected chi connectivity index (χ2v) is 5.25. The minimum absolute atomic E-state index is 0.0360. The molecular formula is C19H21NO4. The first-order valence-corrected chi connectivity index (χ1v) is 7.78. The molecule has 0 saturated heterocycles. The highest BCUT2D eigenvalue weighted by Crippen LogP contribution is 2.12. The molecular weight excluding hydrogens is 306 g/mol. The number of methoxy groups -OCH3 is 1. The number of amides is 1. The third-order valence-electron chi connectivity index (χ3n) is 3.57. The molecule has 0 aromatic heterocycles. The van der Waals surface area contributed by atoms with Gasteiger partial charge in [0.05, 0.1) is 12.7 Å². The fraction of sp³-hybridized carbons (Fsp3) is 0.263. The zero-order valence-electron chi connectivity index (χ0n) is 13.9. The average molecular weight is 327 g/mol. The summed E-state index contributed by atoms with van der Waals surface area (Å²) < 4.78 is 10.1. The van der Waals surface area contributed by atoms with Crippen LogP contribution < -0.4 is 10.1 Å². The summed E-state index contributed by atoms with van der Waals surface area (Å²) in [7, 11) is 1.34. The zero-order valence-corrected chi connectivity index (χ0v) is 13.9. The Balaban J connectivity index is 1.77. The van der Waals surface area contributed by atoms with Gasteiger partial charge in [0.25, 0.3) is 5.91 Å². The van der Waals surface area contributed by atoms with Crippen molar-refractivity contribution in [1.29, 1.82) is 0 Å². The van der Waals surface area contributed by atoms with E-state index in [9.17, 15) is 9.59 Å². The first-order valence-electron chi connectivity index (χ1n) is 7.78. The van der Waals surface area contributed by atoms with Gasteiger partial charge in [0.2, 0.25) is 0 Å². The lowest BCUT2D eigenvalue weighted by molar-refractivity contribution is -0.123. The summed E-state index contributed by atoms with van der Waals surface area (Å²) in [6.07, 6.45) is 0.968. The van der Waals surface area contributed by atoms with E-state index in [4.69, 9.17) is 4.74 Å². The predicted molar refractivity (Wildman–Crippen MR) is 90.9 cm³/mol. The maximum atomic E-state index is 11.8. The van der Waals surface area contributed by atoms with Crippen molar-refractivity contribution >= 4 is 11.9 Å². The number of benzene rings is 2. The lowest BCUT2D eigenvalue weighted by atomic mass is 10.1. The SMILES string of the molecule is CCc1ccc(OCC(=O)NCc2ccc(C(=O)OC)cc2)cc1. The molecule has 0 spiro atoms. The van der Waals surface area contributed by atoms with E-state index in [1.807, 2.05) is 24.3 Å². The van der Waals surface area contributed by atoms with Crippen LogP contribution in [0.25, 0.3) is 0 Å². The van der Waals surface area contributed by atoms with Gasteiger partial charge in [0.15, 0.2) is 6.61 Å². The van der Waals surface area contributed by atoms with Gasteiger partial charge >= 0.3 is 5.97 Å². The highest BCUT2D eigenvalue weighted by molar-refractivity contribution is 5.89. The van der Waals surface area contributed by atoms with Gasteiger partial charge in [0, 0.05) is 6.54 Å².